The highest BCUT2D eigenvalue weighted by molar-refractivity contribution is 5.72. The number of nitrogen functional groups attached to an aromatic ring is 1. The topological polar surface area (TPSA) is 336 Å². The smallest absolute Gasteiger partial charge is 0.351 e. The van der Waals surface area contributed by atoms with E-state index in [0.717, 1.165) is 4.57 Å². The quantitative estimate of drug-likeness (QED) is 0.147. The Balaban J connectivity index is 0.000000281. The fourth-order valence-corrected chi connectivity index (χ4v) is 3.25. The number of ether oxygens (including phenoxy) is 1. The monoisotopic (exact) mass is 544 g/mol. The van der Waals surface area contributed by atoms with E-state index in [1.54, 1.807) is 0 Å². The number of primary amides is 1. The first-order valence-corrected chi connectivity index (χ1v) is 10.0. The van der Waals surface area contributed by atoms with E-state index in [0.29, 0.717) is 12.1 Å². The van der Waals surface area contributed by atoms with Crippen molar-refractivity contribution in [2.75, 3.05) is 12.3 Å². The molecule has 206 valence electrons. The highest BCUT2D eigenvalue weighted by Crippen LogP contribution is 2.39. The fourth-order valence-electron chi connectivity index (χ4n) is 3.25. The maximum atomic E-state index is 11.9. The number of hydrogen-bond acceptors (Lipinski definition) is 15. The van der Waals surface area contributed by atoms with Gasteiger partial charge in [0, 0.05) is 6.20 Å². The Kier molecular flexibility index (Phi) is 9.10. The summed E-state index contributed by atoms with van der Waals surface area (Å²) in [7, 11) is 0. The van der Waals surface area contributed by atoms with E-state index in [2.05, 4.69) is 10.3 Å². The van der Waals surface area contributed by atoms with Gasteiger partial charge in [-0.05, 0) is 6.07 Å². The van der Waals surface area contributed by atoms with Gasteiger partial charge in [0.1, 0.15) is 30.2 Å². The van der Waals surface area contributed by atoms with E-state index >= 15 is 0 Å². The van der Waals surface area contributed by atoms with Crippen molar-refractivity contribution in [1.82, 2.24) is 14.9 Å². The molecule has 1 aliphatic rings. The first-order valence-electron chi connectivity index (χ1n) is 10.0. The number of nitrogens with one attached hydrogen (secondary N) is 1. The molecular weight excluding hydrogens is 524 g/mol. The van der Waals surface area contributed by atoms with Gasteiger partial charge in [0.15, 0.2) is 6.23 Å². The second-order valence-electron chi connectivity index (χ2n) is 7.41. The summed E-state index contributed by atoms with van der Waals surface area (Å²) in [6, 6.07) is 0.00412. The molecular formula is C17H20N8O13. The maximum absolute atomic E-state index is 11.9. The number of non-ortho nitro benzene ring substituents is 1. The van der Waals surface area contributed by atoms with Crippen LogP contribution >= 0.6 is 0 Å². The second-order valence-corrected chi connectivity index (χ2v) is 7.41. The third-order valence-corrected chi connectivity index (χ3v) is 4.99. The number of carbonyl (C=O) groups excluding carboxylic acids is 1. The summed E-state index contributed by atoms with van der Waals surface area (Å²) in [5.74, 6) is -1.23. The van der Waals surface area contributed by atoms with E-state index in [9.17, 15) is 55.3 Å². The van der Waals surface area contributed by atoms with Crippen LogP contribution in [-0.4, -0.2) is 81.7 Å². The van der Waals surface area contributed by atoms with Crippen molar-refractivity contribution < 1.29 is 44.7 Å². The zero-order chi connectivity index (χ0) is 28.9. The number of carbonyl (C=O) groups is 1. The molecule has 0 radical (unpaired) electrons. The molecule has 2 amide bonds. The summed E-state index contributed by atoms with van der Waals surface area (Å²) < 4.78 is 6.36. The van der Waals surface area contributed by atoms with E-state index in [1.807, 2.05) is 0 Å². The predicted octanol–water partition coefficient (Wildman–Crippen LogP) is -2.41. The van der Waals surface area contributed by atoms with E-state index in [1.165, 1.54) is 12.3 Å². The van der Waals surface area contributed by atoms with Gasteiger partial charge in [-0.1, -0.05) is 0 Å². The number of nitrogens with zero attached hydrogens (tertiary/aromatic N) is 5. The highest BCUT2D eigenvalue weighted by atomic mass is 16.6. The molecule has 0 spiro atoms. The van der Waals surface area contributed by atoms with Gasteiger partial charge in [-0.15, -0.1) is 0 Å². The van der Waals surface area contributed by atoms with Gasteiger partial charge in [0.25, 0.3) is 11.4 Å². The molecule has 0 aliphatic carbocycles. The Morgan fingerprint density at radius 3 is 2.08 bits per heavy atom. The zero-order valence-electron chi connectivity index (χ0n) is 18.8. The highest BCUT2D eigenvalue weighted by Gasteiger charge is 2.46. The lowest BCUT2D eigenvalue weighted by Gasteiger charge is -2.42. The molecule has 38 heavy (non-hydrogen) atoms. The zero-order valence-corrected chi connectivity index (χ0v) is 18.8. The number of nitrogens with two attached hydrogens (primary N) is 2. The number of hydrogen-bond donors (Lipinski definition) is 7. The molecule has 5 atom stereocenters. The fraction of sp³-hybridized carbons (Fsp3) is 0.353. The molecule has 2 aromatic rings. The Bertz CT molecular complexity index is 1270. The van der Waals surface area contributed by atoms with Crippen molar-refractivity contribution in [2.24, 2.45) is 5.73 Å². The van der Waals surface area contributed by atoms with Gasteiger partial charge in [-0.2, -0.15) is 4.98 Å². The minimum atomic E-state index is -1.52. The van der Waals surface area contributed by atoms with E-state index < -0.39 is 86.5 Å². The normalized spacial score (nSPS) is 22.4. The maximum Gasteiger partial charge on any atom is 0.351 e. The van der Waals surface area contributed by atoms with Crippen molar-refractivity contribution in [3.63, 3.8) is 0 Å². The van der Waals surface area contributed by atoms with Crippen LogP contribution in [0.25, 0.3) is 0 Å². The standard InChI is InChI=1S/C11H17N5O6.C6H3N3O7/c12-5-1-2-16(11(21)14-5)9-6(15-10(13)20)8(19)7(18)4(3-17)22-9;10-6-4(8(13)14)1-3(7(11)12)2-5(6)9(15)16/h1-2,4,6-9,17-19H,3H2,(H2,12,14,21)(H3,13,15,20);1-2,10H/t4-,6-,7-,8-,9-;/m1./s1. The number of aromatic nitrogens is 2. The van der Waals surface area contributed by atoms with Gasteiger partial charge in [0.05, 0.1) is 33.5 Å². The molecule has 1 fully saturated rings. The van der Waals surface area contributed by atoms with Crippen LogP contribution < -0.4 is 22.5 Å². The molecule has 1 aromatic carbocycles. The predicted molar refractivity (Wildman–Crippen MR) is 120 cm³/mol. The van der Waals surface area contributed by atoms with Crippen molar-refractivity contribution in [2.45, 2.75) is 30.6 Å². The lowest BCUT2D eigenvalue weighted by Crippen LogP contribution is -2.63. The number of anilines is 1. The van der Waals surface area contributed by atoms with Crippen LogP contribution in [0.3, 0.4) is 0 Å². The molecule has 1 aliphatic heterocycles. The summed E-state index contributed by atoms with van der Waals surface area (Å²) in [6.07, 6.45) is -4.13. The Morgan fingerprint density at radius 1 is 1.11 bits per heavy atom. The molecule has 21 nitrogen and oxygen atoms in total. The van der Waals surface area contributed by atoms with Crippen LogP contribution in [0.2, 0.25) is 0 Å². The lowest BCUT2D eigenvalue weighted by atomic mass is 9.96. The first kappa shape index (κ1) is 29.2. The van der Waals surface area contributed by atoms with E-state index in [-0.39, 0.29) is 5.82 Å². The number of aromatic hydroxyl groups is 1. The van der Waals surface area contributed by atoms with Gasteiger partial charge in [-0.3, -0.25) is 34.9 Å². The minimum absolute atomic E-state index is 0.0178. The number of nitro groups is 3. The summed E-state index contributed by atoms with van der Waals surface area (Å²) in [5.41, 5.74) is 6.63. The number of urea groups is 1. The number of aliphatic hydroxyl groups is 3. The summed E-state index contributed by atoms with van der Waals surface area (Å²) in [5, 5.41) is 71.6. The number of benzene rings is 1. The second kappa shape index (κ2) is 11.8. The minimum Gasteiger partial charge on any atom is -0.497 e. The number of phenolic OH excluding ortho intramolecular Hbond substituents is 1. The third-order valence-electron chi connectivity index (χ3n) is 4.99. The third kappa shape index (κ3) is 6.41. The Labute approximate surface area is 208 Å². The van der Waals surface area contributed by atoms with E-state index in [4.69, 9.17) is 21.3 Å². The van der Waals surface area contributed by atoms with Crippen molar-refractivity contribution in [3.05, 3.63) is 65.2 Å². The summed E-state index contributed by atoms with van der Waals surface area (Å²) in [6.45, 7) is -0.602. The van der Waals surface area contributed by atoms with Crippen LogP contribution in [0.4, 0.5) is 27.7 Å². The summed E-state index contributed by atoms with van der Waals surface area (Å²) in [4.78, 5) is 54.3. The molecule has 1 aromatic heterocycles. The van der Waals surface area contributed by atoms with Crippen LogP contribution in [-0.2, 0) is 4.74 Å². The molecule has 21 heteroatoms. The van der Waals surface area contributed by atoms with Crippen LogP contribution in [0.1, 0.15) is 6.23 Å². The van der Waals surface area contributed by atoms with Gasteiger partial charge in [0.2, 0.25) is 0 Å². The SMILES string of the molecule is NC(=O)N[C@@H]1[C@@H](O)[C@H](O)[C@@H](CO)O[C@H]1n1ccc(N)nc1=O.O=[N+]([O-])c1cc([N+](=O)[O-])c(O)c([N+](=O)[O-])c1. The van der Waals surface area contributed by atoms with Gasteiger partial charge in [-0.25, -0.2) is 9.59 Å². The molecule has 0 unspecified atom stereocenters. The number of amides is 2. The molecule has 1 saturated heterocycles. The van der Waals surface area contributed by atoms with Crippen LogP contribution in [0.5, 0.6) is 5.75 Å². The molecule has 3 rings (SSSR count). The number of nitro benzene ring substituents is 3. The van der Waals surface area contributed by atoms with Crippen LogP contribution in [0, 0.1) is 30.3 Å². The van der Waals surface area contributed by atoms with Crippen molar-refractivity contribution >= 4 is 28.9 Å². The van der Waals surface area contributed by atoms with Crippen molar-refractivity contribution in [3.8, 4) is 5.75 Å². The largest absolute Gasteiger partial charge is 0.497 e. The molecule has 0 saturated carbocycles. The average molecular weight is 544 g/mol. The lowest BCUT2D eigenvalue weighted by molar-refractivity contribution is -0.404. The van der Waals surface area contributed by atoms with Crippen molar-refractivity contribution in [1.29, 1.82) is 0 Å². The van der Waals surface area contributed by atoms with Gasteiger partial charge >= 0.3 is 23.1 Å². The Hall–Kier alpha value is -4.99. The number of phenols is 1. The Morgan fingerprint density at radius 2 is 1.66 bits per heavy atom. The molecule has 2 heterocycles. The molecule has 9 N–H and O–H groups in total. The van der Waals surface area contributed by atoms with Crippen LogP contribution in [0.15, 0.2) is 29.2 Å². The summed E-state index contributed by atoms with van der Waals surface area (Å²) >= 11 is 0. The molecule has 0 bridgehead atoms. The number of rotatable bonds is 6. The first-order chi connectivity index (χ1) is 17.7. The number of aliphatic hydroxyl groups excluding tert-OH is 3. The average Bonchev–Trinajstić information content (AvgIpc) is 2.82. The van der Waals surface area contributed by atoms with Gasteiger partial charge < -0.3 is 41.9 Å².